The van der Waals surface area contributed by atoms with Crippen LogP contribution in [-0.4, -0.2) is 67.9 Å². The number of carbonyl (C=O) groups is 4. The molecular formula is C34H56N2O6. The molecule has 0 aromatic carbocycles. The summed E-state index contributed by atoms with van der Waals surface area (Å²) in [6.45, 7) is 23.3. The summed E-state index contributed by atoms with van der Waals surface area (Å²) in [5.74, 6) is -0.551. The summed E-state index contributed by atoms with van der Waals surface area (Å²) in [6.07, 6.45) is 10.9. The monoisotopic (exact) mass is 588 g/mol. The number of hydrogen-bond donors (Lipinski definition) is 0. The average molecular weight is 589 g/mol. The highest BCUT2D eigenvalue weighted by Gasteiger charge is 2.49. The smallest absolute Gasteiger partial charge is 0.306 e. The summed E-state index contributed by atoms with van der Waals surface area (Å²) in [7, 11) is 0. The second kappa shape index (κ2) is 14.2. The van der Waals surface area contributed by atoms with Gasteiger partial charge in [0.1, 0.15) is 12.2 Å². The molecule has 2 amide bonds. The van der Waals surface area contributed by atoms with Crippen LogP contribution in [0.2, 0.25) is 0 Å². The van der Waals surface area contributed by atoms with E-state index in [2.05, 4.69) is 13.2 Å². The number of likely N-dealkylation sites (tertiary alicyclic amines) is 2. The molecule has 0 aromatic rings. The summed E-state index contributed by atoms with van der Waals surface area (Å²) < 4.78 is 11.7. The van der Waals surface area contributed by atoms with Crippen molar-refractivity contribution in [3.8, 4) is 0 Å². The third kappa shape index (κ3) is 9.43. The first-order valence-electron chi connectivity index (χ1n) is 15.7. The van der Waals surface area contributed by atoms with Gasteiger partial charge in [-0.05, 0) is 80.4 Å². The SMILES string of the molecule is C=CC(=O)N1C(C)(C)CC(OC(=O)CCCCCCCCC(=O)OC2CC(C)(C)N(C(=O)C=C)C(C)(C)C2)CC1(C)C. The normalized spacial score (nSPS) is 21.3. The fourth-order valence-corrected chi connectivity index (χ4v) is 7.65. The van der Waals surface area contributed by atoms with Crippen LogP contribution in [0.25, 0.3) is 0 Å². The van der Waals surface area contributed by atoms with Crippen molar-refractivity contribution in [2.24, 2.45) is 0 Å². The van der Waals surface area contributed by atoms with Crippen LogP contribution in [0.1, 0.15) is 132 Å². The van der Waals surface area contributed by atoms with Crippen LogP contribution >= 0.6 is 0 Å². The van der Waals surface area contributed by atoms with Gasteiger partial charge in [0.05, 0.1) is 0 Å². The molecule has 0 saturated carbocycles. The number of piperidine rings is 2. The van der Waals surface area contributed by atoms with Gasteiger partial charge in [0.15, 0.2) is 0 Å². The van der Waals surface area contributed by atoms with Gasteiger partial charge in [-0.1, -0.05) is 38.8 Å². The van der Waals surface area contributed by atoms with Crippen LogP contribution in [0.4, 0.5) is 0 Å². The maximum atomic E-state index is 12.5. The molecule has 0 aliphatic carbocycles. The third-order valence-corrected chi connectivity index (χ3v) is 8.73. The summed E-state index contributed by atoms with van der Waals surface area (Å²) >= 11 is 0. The number of ether oxygens (including phenoxy) is 2. The maximum Gasteiger partial charge on any atom is 0.306 e. The Hall–Kier alpha value is -2.64. The van der Waals surface area contributed by atoms with Gasteiger partial charge in [-0.15, -0.1) is 0 Å². The van der Waals surface area contributed by atoms with Gasteiger partial charge < -0.3 is 19.3 Å². The molecule has 8 nitrogen and oxygen atoms in total. The van der Waals surface area contributed by atoms with Gasteiger partial charge in [0, 0.05) is 60.7 Å². The zero-order valence-electron chi connectivity index (χ0n) is 27.6. The molecule has 2 rings (SSSR count). The van der Waals surface area contributed by atoms with Gasteiger partial charge in [0.25, 0.3) is 0 Å². The van der Waals surface area contributed by atoms with E-state index >= 15 is 0 Å². The van der Waals surface area contributed by atoms with Crippen LogP contribution in [0, 0.1) is 0 Å². The Morgan fingerprint density at radius 2 is 0.833 bits per heavy atom. The molecule has 2 aliphatic heterocycles. The Balaban J connectivity index is 1.63. The zero-order chi connectivity index (χ0) is 31.9. The van der Waals surface area contributed by atoms with Gasteiger partial charge in [-0.2, -0.15) is 0 Å². The lowest BCUT2D eigenvalue weighted by Gasteiger charge is -2.54. The van der Waals surface area contributed by atoms with Crippen molar-refractivity contribution in [3.63, 3.8) is 0 Å². The lowest BCUT2D eigenvalue weighted by atomic mass is 9.78. The molecule has 0 atom stereocenters. The number of unbranched alkanes of at least 4 members (excludes halogenated alkanes) is 5. The first-order chi connectivity index (χ1) is 19.4. The van der Waals surface area contributed by atoms with Gasteiger partial charge in [-0.25, -0.2) is 0 Å². The number of amides is 2. The Kier molecular flexibility index (Phi) is 12.0. The van der Waals surface area contributed by atoms with Gasteiger partial charge >= 0.3 is 11.9 Å². The summed E-state index contributed by atoms with van der Waals surface area (Å²) in [5.41, 5.74) is -1.72. The molecular weight excluding hydrogens is 532 g/mol. The van der Waals surface area contributed by atoms with Crippen LogP contribution in [0.5, 0.6) is 0 Å². The molecule has 8 heteroatoms. The van der Waals surface area contributed by atoms with E-state index in [-0.39, 0.29) is 36.0 Å². The maximum absolute atomic E-state index is 12.5. The standard InChI is InChI=1S/C34H56N2O6/c1-11-27(37)35-31(3,4)21-25(22-32(35,5)6)41-29(39)19-17-15-13-14-16-18-20-30(40)42-26-23-33(7,8)36(28(38)12-2)34(9,10)24-26/h11-12,25-26H,1-2,13-24H2,3-10H3. The first-order valence-corrected chi connectivity index (χ1v) is 15.7. The van der Waals surface area contributed by atoms with Gasteiger partial charge in [-0.3, -0.25) is 19.2 Å². The Morgan fingerprint density at radius 3 is 1.10 bits per heavy atom. The number of rotatable bonds is 13. The molecule has 2 saturated heterocycles. The molecule has 238 valence electrons. The summed E-state index contributed by atoms with van der Waals surface area (Å²) in [6, 6.07) is 0. The number of carbonyl (C=O) groups excluding carboxylic acids is 4. The molecule has 0 unspecified atom stereocenters. The van der Waals surface area contributed by atoms with E-state index in [0.29, 0.717) is 38.5 Å². The fourth-order valence-electron chi connectivity index (χ4n) is 7.65. The number of nitrogens with zero attached hydrogens (tertiary/aromatic N) is 2. The second-order valence-electron chi connectivity index (χ2n) is 14.7. The largest absolute Gasteiger partial charge is 0.462 e. The molecule has 0 bridgehead atoms. The summed E-state index contributed by atoms with van der Waals surface area (Å²) in [5, 5.41) is 0. The first kappa shape index (κ1) is 35.6. The Morgan fingerprint density at radius 1 is 0.571 bits per heavy atom. The average Bonchev–Trinajstić information content (AvgIpc) is 2.82. The molecule has 42 heavy (non-hydrogen) atoms. The van der Waals surface area contributed by atoms with Crippen molar-refractivity contribution in [2.75, 3.05) is 0 Å². The Bertz CT molecular complexity index is 896. The minimum absolute atomic E-state index is 0.0984. The van der Waals surface area contributed by atoms with E-state index in [1.165, 1.54) is 12.2 Å². The minimum atomic E-state index is -0.430. The highest BCUT2D eigenvalue weighted by molar-refractivity contribution is 5.89. The quantitative estimate of drug-likeness (QED) is 0.136. The van der Waals surface area contributed by atoms with E-state index in [1.54, 1.807) is 0 Å². The van der Waals surface area contributed by atoms with Crippen molar-refractivity contribution in [1.82, 2.24) is 9.80 Å². The summed E-state index contributed by atoms with van der Waals surface area (Å²) in [4.78, 5) is 53.7. The fraction of sp³-hybridized carbons (Fsp3) is 0.765. The van der Waals surface area contributed by atoms with Crippen LogP contribution < -0.4 is 0 Å². The predicted octanol–water partition coefficient (Wildman–Crippen LogP) is 6.66. The van der Waals surface area contributed by atoms with E-state index in [4.69, 9.17) is 9.47 Å². The third-order valence-electron chi connectivity index (χ3n) is 8.73. The van der Waals surface area contributed by atoms with E-state index in [9.17, 15) is 19.2 Å². The van der Waals surface area contributed by atoms with Crippen molar-refractivity contribution in [3.05, 3.63) is 25.3 Å². The van der Waals surface area contributed by atoms with Crippen molar-refractivity contribution < 1.29 is 28.7 Å². The van der Waals surface area contributed by atoms with Gasteiger partial charge in [0.2, 0.25) is 11.8 Å². The number of hydrogen-bond acceptors (Lipinski definition) is 6. The van der Waals surface area contributed by atoms with Crippen molar-refractivity contribution in [2.45, 2.75) is 167 Å². The van der Waals surface area contributed by atoms with Crippen LogP contribution in [-0.2, 0) is 28.7 Å². The topological polar surface area (TPSA) is 93.2 Å². The lowest BCUT2D eigenvalue weighted by Crippen LogP contribution is -2.64. The van der Waals surface area contributed by atoms with E-state index in [0.717, 1.165) is 38.5 Å². The lowest BCUT2D eigenvalue weighted by molar-refractivity contribution is -0.167. The van der Waals surface area contributed by atoms with E-state index in [1.807, 2.05) is 65.2 Å². The molecule has 0 N–H and O–H groups in total. The van der Waals surface area contributed by atoms with Crippen molar-refractivity contribution >= 4 is 23.8 Å². The Labute approximate surface area is 254 Å². The van der Waals surface area contributed by atoms with E-state index < -0.39 is 22.2 Å². The van der Waals surface area contributed by atoms with Crippen LogP contribution in [0.15, 0.2) is 25.3 Å². The predicted molar refractivity (Wildman–Crippen MR) is 166 cm³/mol. The number of esters is 2. The molecule has 2 heterocycles. The second-order valence-corrected chi connectivity index (χ2v) is 14.7. The van der Waals surface area contributed by atoms with Crippen LogP contribution in [0.3, 0.4) is 0 Å². The minimum Gasteiger partial charge on any atom is -0.462 e. The zero-order valence-corrected chi connectivity index (χ0v) is 27.6. The molecule has 0 radical (unpaired) electrons. The highest BCUT2D eigenvalue weighted by atomic mass is 16.5. The molecule has 2 aliphatic rings. The van der Waals surface area contributed by atoms with Crippen molar-refractivity contribution in [1.29, 1.82) is 0 Å². The molecule has 0 aromatic heterocycles. The highest BCUT2D eigenvalue weighted by Crippen LogP contribution is 2.41. The molecule has 0 spiro atoms. The molecule has 2 fully saturated rings.